The maximum Gasteiger partial charge on any atom is 0.321 e. The van der Waals surface area contributed by atoms with E-state index in [4.69, 9.17) is 4.74 Å². The van der Waals surface area contributed by atoms with Crippen molar-refractivity contribution in [1.82, 2.24) is 14.9 Å². The Morgan fingerprint density at radius 3 is 2.78 bits per heavy atom. The van der Waals surface area contributed by atoms with Gasteiger partial charge in [0.05, 0.1) is 24.6 Å². The van der Waals surface area contributed by atoms with Gasteiger partial charge in [0.2, 0.25) is 0 Å². The molecule has 6 nitrogen and oxygen atoms in total. The Morgan fingerprint density at radius 1 is 1.15 bits per heavy atom. The Hall–Kier alpha value is -3.22. The molecule has 0 aliphatic carbocycles. The van der Waals surface area contributed by atoms with E-state index in [1.165, 1.54) is 0 Å². The van der Waals surface area contributed by atoms with Crippen LogP contribution in [-0.4, -0.2) is 40.1 Å². The molecule has 3 aromatic rings. The summed E-state index contributed by atoms with van der Waals surface area (Å²) in [6, 6.07) is 13.7. The molecule has 1 atom stereocenters. The molecule has 1 fully saturated rings. The quantitative estimate of drug-likeness (QED) is 0.765. The lowest BCUT2D eigenvalue weighted by molar-refractivity contribution is 0.0981. The molecule has 7 heteroatoms. The number of fused-ring (bicyclic) bond motifs is 1. The third kappa shape index (κ3) is 3.97. The number of rotatable bonds is 3. The van der Waals surface area contributed by atoms with Crippen LogP contribution in [0.5, 0.6) is 6.01 Å². The minimum absolute atomic E-state index is 0.123. The van der Waals surface area contributed by atoms with Crippen LogP contribution in [-0.2, 0) is 0 Å². The van der Waals surface area contributed by atoms with Crippen LogP contribution >= 0.6 is 0 Å². The normalized spacial score (nSPS) is 16.9. The number of amides is 2. The number of ether oxygens (including phenoxy) is 1. The number of anilines is 1. The highest BCUT2D eigenvalue weighted by Crippen LogP contribution is 2.24. The number of carbonyl (C=O) groups is 1. The molecule has 27 heavy (non-hydrogen) atoms. The lowest BCUT2D eigenvalue weighted by Crippen LogP contribution is -2.46. The average Bonchev–Trinajstić information content (AvgIpc) is 2.70. The van der Waals surface area contributed by atoms with E-state index in [9.17, 15) is 9.18 Å². The van der Waals surface area contributed by atoms with Crippen LogP contribution in [0.25, 0.3) is 10.8 Å². The second-order valence-corrected chi connectivity index (χ2v) is 6.47. The van der Waals surface area contributed by atoms with Gasteiger partial charge in [-0.25, -0.2) is 19.2 Å². The molecular weight excluding hydrogens is 347 g/mol. The van der Waals surface area contributed by atoms with Gasteiger partial charge in [-0.15, -0.1) is 0 Å². The van der Waals surface area contributed by atoms with Crippen LogP contribution in [0.4, 0.5) is 14.9 Å². The Kier molecular flexibility index (Phi) is 4.82. The standard InChI is InChI=1S/C20H19FN4O2/c21-15-11-22-19(23-12-15)27-16-7-4-10-25(13-16)20(26)24-18-9-3-6-14-5-1-2-8-17(14)18/h1-3,5-6,8-9,11-12,16H,4,7,10,13H2,(H,24,26). The van der Waals surface area contributed by atoms with E-state index >= 15 is 0 Å². The number of urea groups is 1. The van der Waals surface area contributed by atoms with E-state index in [0.29, 0.717) is 13.1 Å². The van der Waals surface area contributed by atoms with Gasteiger partial charge in [0.25, 0.3) is 0 Å². The SMILES string of the molecule is O=C(Nc1cccc2ccccc12)N1CCCC(Oc2ncc(F)cn2)C1. The van der Waals surface area contributed by atoms with Crippen molar-refractivity contribution < 1.29 is 13.9 Å². The number of halogens is 1. The highest BCUT2D eigenvalue weighted by atomic mass is 19.1. The van der Waals surface area contributed by atoms with E-state index < -0.39 is 5.82 Å². The zero-order valence-corrected chi connectivity index (χ0v) is 14.6. The number of benzene rings is 2. The van der Waals surface area contributed by atoms with Crippen LogP contribution in [0.2, 0.25) is 0 Å². The molecular formula is C20H19FN4O2. The summed E-state index contributed by atoms with van der Waals surface area (Å²) in [4.78, 5) is 22.1. The van der Waals surface area contributed by atoms with E-state index in [0.717, 1.165) is 41.7 Å². The molecule has 0 saturated carbocycles. The number of nitrogens with one attached hydrogen (secondary N) is 1. The molecule has 2 amide bonds. The third-order valence-electron chi connectivity index (χ3n) is 4.57. The van der Waals surface area contributed by atoms with Gasteiger partial charge in [-0.3, -0.25) is 0 Å². The molecule has 1 N–H and O–H groups in total. The number of piperidine rings is 1. The first kappa shape index (κ1) is 17.2. The Balaban J connectivity index is 1.43. The summed E-state index contributed by atoms with van der Waals surface area (Å²) in [6.07, 6.45) is 3.52. The first-order valence-electron chi connectivity index (χ1n) is 8.87. The first-order valence-corrected chi connectivity index (χ1v) is 8.87. The number of hydrogen-bond donors (Lipinski definition) is 1. The zero-order valence-electron chi connectivity index (χ0n) is 14.6. The largest absolute Gasteiger partial charge is 0.458 e. The highest BCUT2D eigenvalue weighted by Gasteiger charge is 2.26. The van der Waals surface area contributed by atoms with Crippen LogP contribution < -0.4 is 10.1 Å². The topological polar surface area (TPSA) is 67.4 Å². The second kappa shape index (κ2) is 7.57. The number of likely N-dealkylation sites (tertiary alicyclic amines) is 1. The molecule has 2 aromatic carbocycles. The molecule has 0 bridgehead atoms. The molecule has 1 aliphatic heterocycles. The second-order valence-electron chi connectivity index (χ2n) is 6.47. The maximum absolute atomic E-state index is 12.9. The van der Waals surface area contributed by atoms with Gasteiger partial charge < -0.3 is 15.0 Å². The summed E-state index contributed by atoms with van der Waals surface area (Å²) < 4.78 is 18.6. The predicted octanol–water partition coefficient (Wildman–Crippen LogP) is 3.84. The van der Waals surface area contributed by atoms with Crippen molar-refractivity contribution in [3.8, 4) is 6.01 Å². The maximum atomic E-state index is 12.9. The minimum Gasteiger partial charge on any atom is -0.458 e. The summed E-state index contributed by atoms with van der Waals surface area (Å²) in [5.74, 6) is -0.512. The van der Waals surface area contributed by atoms with Crippen LogP contribution in [0.3, 0.4) is 0 Å². The van der Waals surface area contributed by atoms with E-state index in [-0.39, 0.29) is 18.1 Å². The number of aromatic nitrogens is 2. The fourth-order valence-electron chi connectivity index (χ4n) is 3.26. The number of hydrogen-bond acceptors (Lipinski definition) is 4. The van der Waals surface area contributed by atoms with E-state index in [1.807, 2.05) is 42.5 Å². The van der Waals surface area contributed by atoms with Gasteiger partial charge in [0.1, 0.15) is 6.10 Å². The number of carbonyl (C=O) groups excluding carboxylic acids is 1. The fraction of sp³-hybridized carbons (Fsp3) is 0.250. The van der Waals surface area contributed by atoms with Gasteiger partial charge in [0, 0.05) is 11.9 Å². The van der Waals surface area contributed by atoms with Crippen molar-refractivity contribution in [2.75, 3.05) is 18.4 Å². The Bertz CT molecular complexity index is 943. The van der Waals surface area contributed by atoms with Gasteiger partial charge in [-0.1, -0.05) is 36.4 Å². The van der Waals surface area contributed by atoms with Crippen molar-refractivity contribution in [2.45, 2.75) is 18.9 Å². The summed E-state index contributed by atoms with van der Waals surface area (Å²) in [6.45, 7) is 1.08. The Morgan fingerprint density at radius 2 is 1.93 bits per heavy atom. The van der Waals surface area contributed by atoms with Crippen molar-refractivity contribution in [3.05, 3.63) is 60.7 Å². The number of nitrogens with zero attached hydrogens (tertiary/aromatic N) is 3. The van der Waals surface area contributed by atoms with Crippen molar-refractivity contribution in [1.29, 1.82) is 0 Å². The third-order valence-corrected chi connectivity index (χ3v) is 4.57. The summed E-state index contributed by atoms with van der Waals surface area (Å²) in [5, 5.41) is 5.07. The van der Waals surface area contributed by atoms with Crippen molar-refractivity contribution >= 4 is 22.5 Å². The minimum atomic E-state index is -0.512. The smallest absolute Gasteiger partial charge is 0.321 e. The van der Waals surface area contributed by atoms with Crippen molar-refractivity contribution in [3.63, 3.8) is 0 Å². The van der Waals surface area contributed by atoms with E-state index in [1.54, 1.807) is 4.90 Å². The summed E-state index contributed by atoms with van der Waals surface area (Å²) in [7, 11) is 0. The first-order chi connectivity index (χ1) is 13.2. The molecule has 2 heterocycles. The molecule has 1 aromatic heterocycles. The Labute approximate surface area is 156 Å². The molecule has 4 rings (SSSR count). The lowest BCUT2D eigenvalue weighted by atomic mass is 10.1. The molecule has 1 saturated heterocycles. The predicted molar refractivity (Wildman–Crippen MR) is 100 cm³/mol. The van der Waals surface area contributed by atoms with Crippen LogP contribution in [0, 0.1) is 5.82 Å². The van der Waals surface area contributed by atoms with Crippen LogP contribution in [0.15, 0.2) is 54.9 Å². The van der Waals surface area contributed by atoms with Crippen molar-refractivity contribution in [2.24, 2.45) is 0 Å². The molecule has 0 radical (unpaired) electrons. The fourth-order valence-corrected chi connectivity index (χ4v) is 3.26. The summed E-state index contributed by atoms with van der Waals surface area (Å²) in [5.41, 5.74) is 0.781. The molecule has 138 valence electrons. The highest BCUT2D eigenvalue weighted by molar-refractivity contribution is 6.01. The van der Waals surface area contributed by atoms with Crippen LogP contribution in [0.1, 0.15) is 12.8 Å². The lowest BCUT2D eigenvalue weighted by Gasteiger charge is -2.32. The molecule has 1 aliphatic rings. The van der Waals surface area contributed by atoms with Gasteiger partial charge in [0.15, 0.2) is 5.82 Å². The zero-order chi connectivity index (χ0) is 18.6. The monoisotopic (exact) mass is 366 g/mol. The van der Waals surface area contributed by atoms with Gasteiger partial charge in [-0.05, 0) is 24.3 Å². The average molecular weight is 366 g/mol. The van der Waals surface area contributed by atoms with Gasteiger partial charge >= 0.3 is 12.0 Å². The van der Waals surface area contributed by atoms with Gasteiger partial charge in [-0.2, -0.15) is 0 Å². The molecule has 0 spiro atoms. The van der Waals surface area contributed by atoms with E-state index in [2.05, 4.69) is 15.3 Å². The molecule has 1 unspecified atom stereocenters. The summed E-state index contributed by atoms with van der Waals surface area (Å²) >= 11 is 0.